The Kier molecular flexibility index (Phi) is 9.41. The maximum absolute atomic E-state index is 15.4. The largest absolute Gasteiger partial charge is 0.486 e. The Morgan fingerprint density at radius 1 is 1.00 bits per heavy atom. The van der Waals surface area contributed by atoms with Crippen LogP contribution in [0.5, 0.6) is 11.5 Å². The molecule has 0 spiro atoms. The van der Waals surface area contributed by atoms with Gasteiger partial charge in [-0.2, -0.15) is 4.98 Å². The lowest BCUT2D eigenvalue weighted by Crippen LogP contribution is -2.52. The van der Waals surface area contributed by atoms with Gasteiger partial charge in [-0.3, -0.25) is 9.21 Å². The zero-order chi connectivity index (χ0) is 32.6. The lowest BCUT2D eigenvalue weighted by molar-refractivity contribution is 0.0980. The molecule has 3 aliphatic rings. The van der Waals surface area contributed by atoms with Gasteiger partial charge in [0.25, 0.3) is 0 Å². The van der Waals surface area contributed by atoms with Crippen LogP contribution in [0.2, 0.25) is 0 Å². The van der Waals surface area contributed by atoms with E-state index in [2.05, 4.69) is 53.4 Å². The number of hydrogen-bond acceptors (Lipinski definition) is 11. The summed E-state index contributed by atoms with van der Waals surface area (Å²) in [5.74, 6) is -0.291. The molecular weight excluding hydrogens is 686 g/mol. The number of sulfonamides is 1. The maximum Gasteiger partial charge on any atom is 0.232 e. The third kappa shape index (κ3) is 6.94. The number of ether oxygens (including phenoxy) is 2. The molecule has 0 unspecified atom stereocenters. The number of fused-ring (bicyclic) bond motifs is 1. The van der Waals surface area contributed by atoms with Crippen LogP contribution in [0.25, 0.3) is 0 Å². The second kappa shape index (κ2) is 13.3. The molecule has 0 radical (unpaired) electrons. The second-order valence-electron chi connectivity index (χ2n) is 11.7. The molecule has 46 heavy (non-hydrogen) atoms. The maximum atomic E-state index is 15.4. The van der Waals surface area contributed by atoms with Gasteiger partial charge in [-0.15, -0.1) is 0 Å². The van der Waals surface area contributed by atoms with Crippen LogP contribution in [0.1, 0.15) is 12.8 Å². The lowest BCUT2D eigenvalue weighted by atomic mass is 10.0. The van der Waals surface area contributed by atoms with E-state index >= 15 is 8.78 Å². The first-order chi connectivity index (χ1) is 22.0. The first-order valence-electron chi connectivity index (χ1n) is 15.1. The number of nitrogens with one attached hydrogen (secondary N) is 2. The predicted molar refractivity (Wildman–Crippen MR) is 178 cm³/mol. The highest BCUT2D eigenvalue weighted by atomic mass is 79.9. The van der Waals surface area contributed by atoms with Crippen molar-refractivity contribution >= 4 is 60.5 Å². The Hall–Kier alpha value is -3.47. The monoisotopic (exact) mass is 722 g/mol. The van der Waals surface area contributed by atoms with Gasteiger partial charge in [0.15, 0.2) is 23.1 Å². The van der Waals surface area contributed by atoms with Crippen molar-refractivity contribution in [3.63, 3.8) is 0 Å². The number of benzene rings is 2. The summed E-state index contributed by atoms with van der Waals surface area (Å²) in [6.07, 6.45) is 4.27. The number of piperidine rings is 1. The molecule has 3 aliphatic heterocycles. The Balaban J connectivity index is 1.18. The summed E-state index contributed by atoms with van der Waals surface area (Å²) in [5, 5.41) is 6.03. The van der Waals surface area contributed by atoms with Gasteiger partial charge in [0.05, 0.1) is 16.4 Å². The summed E-state index contributed by atoms with van der Waals surface area (Å²) < 4.78 is 68.8. The predicted octanol–water partition coefficient (Wildman–Crippen LogP) is 4.39. The molecule has 6 rings (SSSR count). The molecule has 0 bridgehead atoms. The van der Waals surface area contributed by atoms with Crippen LogP contribution >= 0.6 is 15.9 Å². The number of halogens is 3. The quantitative estimate of drug-likeness (QED) is 0.345. The van der Waals surface area contributed by atoms with Gasteiger partial charge >= 0.3 is 0 Å². The van der Waals surface area contributed by atoms with Crippen molar-refractivity contribution in [3.05, 3.63) is 46.6 Å². The van der Waals surface area contributed by atoms with Crippen LogP contribution in [-0.2, 0) is 10.0 Å². The van der Waals surface area contributed by atoms with Crippen LogP contribution in [0.15, 0.2) is 34.9 Å². The second-order valence-corrected chi connectivity index (χ2v) is 14.6. The molecule has 3 aromatic rings. The van der Waals surface area contributed by atoms with E-state index in [9.17, 15) is 8.42 Å². The molecule has 16 heteroatoms. The normalized spacial score (nSPS) is 18.0. The van der Waals surface area contributed by atoms with Gasteiger partial charge in [0.1, 0.15) is 30.4 Å². The van der Waals surface area contributed by atoms with Crippen LogP contribution in [0, 0.1) is 11.6 Å². The SMILES string of the molecule is CN1CCN(C2CCN(c3c(F)cc(Nc4ncc(Br)c(Nc5ccc6c(c5N(C)S(C)(=O)=O)OCCO6)n4)cc3F)CC2)CC1. The van der Waals surface area contributed by atoms with Gasteiger partial charge in [0, 0.05) is 64.2 Å². The third-order valence-corrected chi connectivity index (χ3v) is 10.4. The fourth-order valence-electron chi connectivity index (χ4n) is 6.03. The van der Waals surface area contributed by atoms with Crippen molar-refractivity contribution in [1.82, 2.24) is 19.8 Å². The number of piperazine rings is 1. The summed E-state index contributed by atoms with van der Waals surface area (Å²) in [5.41, 5.74) is 0.742. The number of hydrogen-bond donors (Lipinski definition) is 2. The fourth-order valence-corrected chi connectivity index (χ4v) is 6.84. The molecule has 2 fully saturated rings. The first kappa shape index (κ1) is 32.5. The van der Waals surface area contributed by atoms with Crippen molar-refractivity contribution in [2.24, 2.45) is 0 Å². The molecule has 0 saturated carbocycles. The van der Waals surface area contributed by atoms with Crippen molar-refractivity contribution in [1.29, 1.82) is 0 Å². The van der Waals surface area contributed by atoms with Gasteiger partial charge < -0.3 is 29.9 Å². The van der Waals surface area contributed by atoms with E-state index < -0.39 is 21.7 Å². The molecule has 2 N–H and O–H groups in total. The van der Waals surface area contributed by atoms with E-state index in [4.69, 9.17) is 9.47 Å². The van der Waals surface area contributed by atoms with E-state index in [-0.39, 0.29) is 41.2 Å². The molecular formula is C30H37BrF2N8O4S. The topological polar surface area (TPSA) is 115 Å². The van der Waals surface area contributed by atoms with Crippen molar-refractivity contribution in [2.75, 3.05) is 92.7 Å². The highest BCUT2D eigenvalue weighted by Gasteiger charge is 2.30. The summed E-state index contributed by atoms with van der Waals surface area (Å²) in [7, 11) is -0.127. The average molecular weight is 724 g/mol. The average Bonchev–Trinajstić information content (AvgIpc) is 3.02. The molecule has 1 aromatic heterocycles. The lowest BCUT2D eigenvalue weighted by Gasteiger charge is -2.42. The summed E-state index contributed by atoms with van der Waals surface area (Å²) in [6, 6.07) is 6.24. The molecule has 2 aromatic carbocycles. The number of likely N-dealkylation sites (N-methyl/N-ethyl adjacent to an activating group) is 1. The number of anilines is 6. The van der Waals surface area contributed by atoms with Crippen LogP contribution in [0.4, 0.5) is 43.3 Å². The smallest absolute Gasteiger partial charge is 0.232 e. The highest BCUT2D eigenvalue weighted by molar-refractivity contribution is 9.10. The summed E-state index contributed by atoms with van der Waals surface area (Å²) in [4.78, 5) is 15.3. The number of aromatic nitrogens is 2. The minimum absolute atomic E-state index is 0.0254. The molecule has 0 aliphatic carbocycles. The number of nitrogens with zero attached hydrogens (tertiary/aromatic N) is 6. The Morgan fingerprint density at radius 2 is 1.67 bits per heavy atom. The molecule has 248 valence electrons. The van der Waals surface area contributed by atoms with Crippen LogP contribution < -0.4 is 29.3 Å². The summed E-state index contributed by atoms with van der Waals surface area (Å²) >= 11 is 3.42. The van der Waals surface area contributed by atoms with Crippen LogP contribution in [0.3, 0.4) is 0 Å². The summed E-state index contributed by atoms with van der Waals surface area (Å²) in [6.45, 7) is 5.89. The standard InChI is InChI=1S/C30H37BrF2N8O4S/c1-38-10-12-40(13-11-38)20-6-8-41(9-7-20)26-22(32)16-19(17-23(26)33)35-30-34-18-21(31)29(37-30)36-24-4-5-25-28(45-15-14-44-25)27(24)39(2)46(3,42)43/h4-5,16-18,20H,6-15H2,1-3H3,(H2,34,35,36,37). The zero-order valence-electron chi connectivity index (χ0n) is 25.9. The number of rotatable bonds is 8. The molecule has 0 amide bonds. The van der Waals surface area contributed by atoms with E-state index in [1.54, 1.807) is 17.0 Å². The Bertz CT molecular complexity index is 1680. The van der Waals surface area contributed by atoms with Crippen LogP contribution in [-0.4, -0.2) is 107 Å². The van der Waals surface area contributed by atoms with Gasteiger partial charge in [0.2, 0.25) is 16.0 Å². The Morgan fingerprint density at radius 3 is 2.35 bits per heavy atom. The van der Waals surface area contributed by atoms with Crippen molar-refractivity contribution < 1.29 is 26.7 Å². The first-order valence-corrected chi connectivity index (χ1v) is 17.7. The van der Waals surface area contributed by atoms with Gasteiger partial charge in [-0.05, 0) is 60.1 Å². The van der Waals surface area contributed by atoms with E-state index in [1.807, 2.05) is 0 Å². The zero-order valence-corrected chi connectivity index (χ0v) is 28.3. The van der Waals surface area contributed by atoms with Crippen molar-refractivity contribution in [2.45, 2.75) is 18.9 Å². The van der Waals surface area contributed by atoms with E-state index in [0.29, 0.717) is 41.6 Å². The minimum atomic E-state index is -3.67. The highest BCUT2D eigenvalue weighted by Crippen LogP contribution is 2.46. The van der Waals surface area contributed by atoms with Gasteiger partial charge in [-0.1, -0.05) is 0 Å². The minimum Gasteiger partial charge on any atom is -0.486 e. The molecule has 0 atom stereocenters. The molecule has 4 heterocycles. The molecule has 12 nitrogen and oxygen atoms in total. The van der Waals surface area contributed by atoms with Gasteiger partial charge in [-0.25, -0.2) is 22.2 Å². The molecule has 2 saturated heterocycles. The third-order valence-electron chi connectivity index (χ3n) is 8.60. The fraction of sp³-hybridized carbons (Fsp3) is 0.467. The Labute approximate surface area is 275 Å². The van der Waals surface area contributed by atoms with E-state index in [1.165, 1.54) is 25.4 Å². The van der Waals surface area contributed by atoms with E-state index in [0.717, 1.165) is 49.6 Å². The van der Waals surface area contributed by atoms with Crippen molar-refractivity contribution in [3.8, 4) is 11.5 Å².